The van der Waals surface area contributed by atoms with Crippen LogP contribution in [-0.2, 0) is 4.79 Å². The quantitative estimate of drug-likeness (QED) is 0.276. The predicted molar refractivity (Wildman–Crippen MR) is 115 cm³/mol. The Labute approximate surface area is 180 Å². The van der Waals surface area contributed by atoms with Crippen molar-refractivity contribution in [3.63, 3.8) is 0 Å². The first kappa shape index (κ1) is 19.9. The number of amides is 2. The van der Waals surface area contributed by atoms with Gasteiger partial charge in [-0.2, -0.15) is 0 Å². The second kappa shape index (κ2) is 8.98. The minimum absolute atomic E-state index is 0.0551. The van der Waals surface area contributed by atoms with Crippen LogP contribution < -0.4 is 10.9 Å². The summed E-state index contributed by atoms with van der Waals surface area (Å²) >= 11 is 7.05. The number of thioether (sulfide) groups is 1. The van der Waals surface area contributed by atoms with Gasteiger partial charge in [-0.1, -0.05) is 41.6 Å². The fourth-order valence-corrected chi connectivity index (χ4v) is 3.59. The van der Waals surface area contributed by atoms with E-state index in [1.165, 1.54) is 11.8 Å². The number of hydrazine groups is 1. The Morgan fingerprint density at radius 3 is 2.53 bits per heavy atom. The molecule has 9 heteroatoms. The highest BCUT2D eigenvalue weighted by Crippen LogP contribution is 2.28. The highest BCUT2D eigenvalue weighted by Gasteiger charge is 2.14. The van der Waals surface area contributed by atoms with Gasteiger partial charge in [0.2, 0.25) is 5.91 Å². The maximum atomic E-state index is 12.2. The smallest absolute Gasteiger partial charge is 0.269 e. The van der Waals surface area contributed by atoms with Gasteiger partial charge in [-0.25, -0.2) is 9.97 Å². The molecular weight excluding hydrogens is 424 g/mol. The normalized spacial score (nSPS) is 10.7. The van der Waals surface area contributed by atoms with Gasteiger partial charge in [-0.3, -0.25) is 20.4 Å². The molecule has 0 aliphatic rings. The predicted octanol–water partition coefficient (Wildman–Crippen LogP) is 4.10. The van der Waals surface area contributed by atoms with Crippen molar-refractivity contribution in [2.75, 3.05) is 5.75 Å². The van der Waals surface area contributed by atoms with Crippen molar-refractivity contribution < 1.29 is 14.0 Å². The average molecular weight is 439 g/mol. The van der Waals surface area contributed by atoms with Crippen molar-refractivity contribution in [3.05, 3.63) is 77.5 Å². The molecule has 0 aliphatic heterocycles. The lowest BCUT2D eigenvalue weighted by atomic mass is 10.2. The van der Waals surface area contributed by atoms with Gasteiger partial charge in [0.15, 0.2) is 11.6 Å². The van der Waals surface area contributed by atoms with Gasteiger partial charge >= 0.3 is 0 Å². The first-order chi connectivity index (χ1) is 14.6. The summed E-state index contributed by atoms with van der Waals surface area (Å²) < 4.78 is 5.39. The number of rotatable bonds is 5. The molecule has 0 bridgehead atoms. The molecule has 30 heavy (non-hydrogen) atoms. The summed E-state index contributed by atoms with van der Waals surface area (Å²) in [5.74, 6) is 0.238. The van der Waals surface area contributed by atoms with E-state index in [-0.39, 0.29) is 11.7 Å². The Bertz CT molecular complexity index is 1200. The summed E-state index contributed by atoms with van der Waals surface area (Å²) in [5.41, 5.74) is 5.92. The zero-order valence-corrected chi connectivity index (χ0v) is 17.0. The molecule has 2 aromatic carbocycles. The van der Waals surface area contributed by atoms with Crippen LogP contribution in [0.1, 0.15) is 10.4 Å². The second-order valence-corrected chi connectivity index (χ2v) is 7.55. The summed E-state index contributed by atoms with van der Waals surface area (Å²) in [5, 5.41) is 2.00. The summed E-state index contributed by atoms with van der Waals surface area (Å²) in [4.78, 5) is 33.4. The lowest BCUT2D eigenvalue weighted by Crippen LogP contribution is -2.42. The average Bonchev–Trinajstić information content (AvgIpc) is 3.31. The van der Waals surface area contributed by atoms with Crippen LogP contribution in [0.15, 0.2) is 76.4 Å². The minimum Gasteiger partial charge on any atom is -0.461 e. The molecular formula is C21H15ClN4O3S. The third-order valence-electron chi connectivity index (χ3n) is 4.07. The number of hydrogen-bond donors (Lipinski definition) is 2. The summed E-state index contributed by atoms with van der Waals surface area (Å²) in [7, 11) is 0. The van der Waals surface area contributed by atoms with Crippen LogP contribution in [0.25, 0.3) is 22.5 Å². The van der Waals surface area contributed by atoms with E-state index in [9.17, 15) is 9.59 Å². The summed E-state index contributed by atoms with van der Waals surface area (Å²) in [6.07, 6.45) is 1.55. The molecule has 0 saturated carbocycles. The van der Waals surface area contributed by atoms with Crippen LogP contribution in [0.4, 0.5) is 0 Å². The van der Waals surface area contributed by atoms with E-state index in [4.69, 9.17) is 16.0 Å². The summed E-state index contributed by atoms with van der Waals surface area (Å²) in [6, 6.07) is 17.4. The number of halogens is 1. The molecule has 0 fully saturated rings. The number of nitrogens with one attached hydrogen (secondary N) is 2. The number of furan rings is 1. The Hall–Kier alpha value is -3.36. The van der Waals surface area contributed by atoms with Gasteiger partial charge in [-0.15, -0.1) is 0 Å². The van der Waals surface area contributed by atoms with E-state index in [0.717, 1.165) is 10.9 Å². The second-order valence-electron chi connectivity index (χ2n) is 6.14. The SMILES string of the molecule is O=C(CSc1nc(-c2ccco2)nc2ccccc12)NNC(=O)c1ccc(Cl)cc1. The topological polar surface area (TPSA) is 97.1 Å². The number of carbonyl (C=O) groups is 2. The molecule has 2 amide bonds. The zero-order chi connectivity index (χ0) is 20.9. The van der Waals surface area contributed by atoms with E-state index in [1.54, 1.807) is 42.7 Å². The molecule has 0 spiro atoms. The monoisotopic (exact) mass is 438 g/mol. The highest BCUT2D eigenvalue weighted by atomic mass is 35.5. The molecule has 0 unspecified atom stereocenters. The van der Waals surface area contributed by atoms with Crippen molar-refractivity contribution in [1.29, 1.82) is 0 Å². The standard InChI is InChI=1S/C21H15ClN4O3S/c22-14-9-7-13(8-10-14)20(28)26-25-18(27)12-30-21-15-4-1-2-5-16(15)23-19(24-21)17-6-3-11-29-17/h1-11H,12H2,(H,25,27)(H,26,28). The number of aromatic nitrogens is 2. The lowest BCUT2D eigenvalue weighted by Gasteiger charge is -2.09. The van der Waals surface area contributed by atoms with Crippen LogP contribution in [0.2, 0.25) is 5.02 Å². The van der Waals surface area contributed by atoms with Crippen LogP contribution in [0.3, 0.4) is 0 Å². The van der Waals surface area contributed by atoms with Gasteiger partial charge in [0.1, 0.15) is 5.03 Å². The van der Waals surface area contributed by atoms with E-state index in [2.05, 4.69) is 20.8 Å². The molecule has 7 nitrogen and oxygen atoms in total. The third-order valence-corrected chi connectivity index (χ3v) is 5.31. The molecule has 4 rings (SSSR count). The Kier molecular flexibility index (Phi) is 5.97. The molecule has 150 valence electrons. The summed E-state index contributed by atoms with van der Waals surface area (Å²) in [6.45, 7) is 0. The fraction of sp³-hybridized carbons (Fsp3) is 0.0476. The maximum Gasteiger partial charge on any atom is 0.269 e. The number of benzene rings is 2. The zero-order valence-electron chi connectivity index (χ0n) is 15.5. The number of fused-ring (bicyclic) bond motifs is 1. The van der Waals surface area contributed by atoms with Crippen molar-refractivity contribution in [2.45, 2.75) is 5.03 Å². The molecule has 0 saturated heterocycles. The number of para-hydroxylation sites is 1. The van der Waals surface area contributed by atoms with Crippen LogP contribution in [0, 0.1) is 0 Å². The van der Waals surface area contributed by atoms with Gasteiger partial charge in [0.05, 0.1) is 17.5 Å². The van der Waals surface area contributed by atoms with Crippen molar-refractivity contribution >= 4 is 46.1 Å². The Morgan fingerprint density at radius 2 is 1.77 bits per heavy atom. The van der Waals surface area contributed by atoms with E-state index in [1.807, 2.05) is 24.3 Å². The van der Waals surface area contributed by atoms with Gasteiger partial charge in [0.25, 0.3) is 5.91 Å². The van der Waals surface area contributed by atoms with Gasteiger partial charge in [0, 0.05) is 16.0 Å². The molecule has 2 N–H and O–H groups in total. The van der Waals surface area contributed by atoms with Crippen LogP contribution in [0.5, 0.6) is 0 Å². The van der Waals surface area contributed by atoms with E-state index >= 15 is 0 Å². The van der Waals surface area contributed by atoms with Gasteiger partial charge in [-0.05, 0) is 42.5 Å². The van der Waals surface area contributed by atoms with Crippen molar-refractivity contribution in [3.8, 4) is 11.6 Å². The molecule has 0 atom stereocenters. The number of nitrogens with zero attached hydrogens (tertiary/aromatic N) is 2. The van der Waals surface area contributed by atoms with Crippen molar-refractivity contribution in [2.24, 2.45) is 0 Å². The number of hydrogen-bond acceptors (Lipinski definition) is 6. The van der Waals surface area contributed by atoms with Crippen LogP contribution in [-0.4, -0.2) is 27.5 Å². The number of carbonyl (C=O) groups excluding carboxylic acids is 2. The largest absolute Gasteiger partial charge is 0.461 e. The minimum atomic E-state index is -0.433. The molecule has 4 aromatic rings. The van der Waals surface area contributed by atoms with Crippen molar-refractivity contribution in [1.82, 2.24) is 20.8 Å². The fourth-order valence-electron chi connectivity index (χ4n) is 2.64. The van der Waals surface area contributed by atoms with E-state index < -0.39 is 5.91 Å². The first-order valence-electron chi connectivity index (χ1n) is 8.88. The third kappa shape index (κ3) is 4.61. The molecule has 0 aliphatic carbocycles. The molecule has 2 heterocycles. The first-order valence-corrected chi connectivity index (χ1v) is 10.2. The Morgan fingerprint density at radius 1 is 0.967 bits per heavy atom. The maximum absolute atomic E-state index is 12.2. The lowest BCUT2D eigenvalue weighted by molar-refractivity contribution is -0.119. The van der Waals surface area contributed by atoms with Crippen LogP contribution >= 0.6 is 23.4 Å². The molecule has 2 aromatic heterocycles. The molecule has 0 radical (unpaired) electrons. The highest BCUT2D eigenvalue weighted by molar-refractivity contribution is 8.00. The van der Waals surface area contributed by atoms with E-state index in [0.29, 0.717) is 27.2 Å². The van der Waals surface area contributed by atoms with Gasteiger partial charge < -0.3 is 4.42 Å². The Balaban J connectivity index is 1.43.